The highest BCUT2D eigenvalue weighted by Crippen LogP contribution is 2.38. The van der Waals surface area contributed by atoms with Gasteiger partial charge in [-0.15, -0.1) is 12.4 Å². The summed E-state index contributed by atoms with van der Waals surface area (Å²) >= 11 is 0. The molecule has 2 aromatic carbocycles. The molecular formula is C18H23ClN2O4S. The Bertz CT molecular complexity index is 823. The van der Waals surface area contributed by atoms with Crippen molar-refractivity contribution in [2.75, 3.05) is 27.3 Å². The molecule has 0 radical (unpaired) electrons. The Kier molecular flexibility index (Phi) is 6.52. The number of methoxy groups -OCH3 is 2. The Morgan fingerprint density at radius 1 is 0.962 bits per heavy atom. The van der Waals surface area contributed by atoms with E-state index in [0.717, 1.165) is 5.56 Å². The van der Waals surface area contributed by atoms with Crippen LogP contribution in [0, 0.1) is 0 Å². The van der Waals surface area contributed by atoms with Crippen molar-refractivity contribution >= 4 is 22.4 Å². The number of hydrogen-bond donors (Lipinski definition) is 1. The van der Waals surface area contributed by atoms with E-state index in [4.69, 9.17) is 15.2 Å². The van der Waals surface area contributed by atoms with Crippen LogP contribution >= 0.6 is 12.4 Å². The SMILES string of the molecule is COc1cccc(OC)c1S(=O)(=O)N1C[C@@H](N)[C@H](c2ccccc2)C1.Cl. The first-order valence-corrected chi connectivity index (χ1v) is 9.44. The summed E-state index contributed by atoms with van der Waals surface area (Å²) in [5.41, 5.74) is 7.29. The number of rotatable bonds is 5. The van der Waals surface area contributed by atoms with E-state index >= 15 is 0 Å². The van der Waals surface area contributed by atoms with E-state index in [9.17, 15) is 8.42 Å². The summed E-state index contributed by atoms with van der Waals surface area (Å²) < 4.78 is 38.4. The fourth-order valence-electron chi connectivity index (χ4n) is 3.24. The monoisotopic (exact) mass is 398 g/mol. The van der Waals surface area contributed by atoms with Gasteiger partial charge in [-0.3, -0.25) is 0 Å². The zero-order valence-corrected chi connectivity index (χ0v) is 16.3. The van der Waals surface area contributed by atoms with Crippen LogP contribution < -0.4 is 15.2 Å². The van der Waals surface area contributed by atoms with Gasteiger partial charge in [0.15, 0.2) is 4.90 Å². The molecule has 1 heterocycles. The van der Waals surface area contributed by atoms with Crippen LogP contribution in [0.4, 0.5) is 0 Å². The summed E-state index contributed by atoms with van der Waals surface area (Å²) in [6, 6.07) is 14.4. The van der Waals surface area contributed by atoms with E-state index in [-0.39, 0.29) is 47.3 Å². The third kappa shape index (κ3) is 3.66. The number of nitrogens with two attached hydrogens (primary N) is 1. The van der Waals surface area contributed by atoms with Gasteiger partial charge in [-0.1, -0.05) is 36.4 Å². The molecule has 1 aliphatic rings. The van der Waals surface area contributed by atoms with Crippen molar-refractivity contribution in [3.63, 3.8) is 0 Å². The fourth-order valence-corrected chi connectivity index (χ4v) is 5.04. The normalized spacial score (nSPS) is 20.4. The average Bonchev–Trinajstić information content (AvgIpc) is 3.04. The largest absolute Gasteiger partial charge is 0.495 e. The van der Waals surface area contributed by atoms with Crippen molar-refractivity contribution in [3.8, 4) is 11.5 Å². The Balaban J connectivity index is 0.00000243. The van der Waals surface area contributed by atoms with Crippen molar-refractivity contribution in [1.29, 1.82) is 0 Å². The lowest BCUT2D eigenvalue weighted by atomic mass is 9.95. The number of ether oxygens (including phenoxy) is 2. The molecule has 0 bridgehead atoms. The molecule has 2 N–H and O–H groups in total. The molecule has 6 nitrogen and oxygen atoms in total. The highest BCUT2D eigenvalue weighted by molar-refractivity contribution is 7.89. The Hall–Kier alpha value is -1.80. The van der Waals surface area contributed by atoms with Crippen molar-refractivity contribution in [2.45, 2.75) is 16.9 Å². The minimum Gasteiger partial charge on any atom is -0.495 e. The molecule has 8 heteroatoms. The van der Waals surface area contributed by atoms with Gasteiger partial charge in [0.25, 0.3) is 10.0 Å². The predicted molar refractivity (Wildman–Crippen MR) is 103 cm³/mol. The molecule has 3 rings (SSSR count). The van der Waals surface area contributed by atoms with Crippen LogP contribution in [0.3, 0.4) is 0 Å². The molecule has 1 aliphatic heterocycles. The van der Waals surface area contributed by atoms with Crippen LogP contribution in [-0.4, -0.2) is 46.1 Å². The molecule has 0 amide bonds. The third-order valence-electron chi connectivity index (χ3n) is 4.54. The van der Waals surface area contributed by atoms with E-state index in [1.165, 1.54) is 18.5 Å². The van der Waals surface area contributed by atoms with Gasteiger partial charge in [0.1, 0.15) is 11.5 Å². The maximum atomic E-state index is 13.2. The van der Waals surface area contributed by atoms with Gasteiger partial charge >= 0.3 is 0 Å². The fraction of sp³-hybridized carbons (Fsp3) is 0.333. The molecule has 2 atom stereocenters. The Morgan fingerprint density at radius 3 is 2.08 bits per heavy atom. The molecule has 0 aromatic heterocycles. The molecule has 0 saturated carbocycles. The van der Waals surface area contributed by atoms with Gasteiger partial charge in [-0.2, -0.15) is 4.31 Å². The van der Waals surface area contributed by atoms with E-state index in [2.05, 4.69) is 0 Å². The van der Waals surface area contributed by atoms with Gasteiger partial charge in [-0.25, -0.2) is 8.42 Å². The van der Waals surface area contributed by atoms with E-state index in [1.54, 1.807) is 18.2 Å². The van der Waals surface area contributed by atoms with Crippen molar-refractivity contribution in [1.82, 2.24) is 4.31 Å². The molecular weight excluding hydrogens is 376 g/mol. The number of benzene rings is 2. The topological polar surface area (TPSA) is 81.9 Å². The highest BCUT2D eigenvalue weighted by atomic mass is 35.5. The second-order valence-corrected chi connectivity index (χ2v) is 7.87. The first-order chi connectivity index (χ1) is 12.0. The highest BCUT2D eigenvalue weighted by Gasteiger charge is 2.40. The van der Waals surface area contributed by atoms with Crippen molar-refractivity contribution in [3.05, 3.63) is 54.1 Å². The minimum atomic E-state index is -3.79. The lowest BCUT2D eigenvalue weighted by molar-refractivity contribution is 0.368. The molecule has 1 fully saturated rings. The molecule has 0 unspecified atom stereocenters. The van der Waals surface area contributed by atoms with Crippen LogP contribution in [-0.2, 0) is 10.0 Å². The quantitative estimate of drug-likeness (QED) is 0.835. The lowest BCUT2D eigenvalue weighted by Gasteiger charge is -2.20. The predicted octanol–water partition coefficient (Wildman–Crippen LogP) is 2.24. The first kappa shape index (κ1) is 20.5. The van der Waals surface area contributed by atoms with E-state index < -0.39 is 10.0 Å². The van der Waals surface area contributed by atoms with Crippen molar-refractivity contribution in [2.24, 2.45) is 5.73 Å². The maximum Gasteiger partial charge on any atom is 0.250 e. The summed E-state index contributed by atoms with van der Waals surface area (Å²) in [7, 11) is -0.913. The third-order valence-corrected chi connectivity index (χ3v) is 6.44. The van der Waals surface area contributed by atoms with Crippen LogP contribution in [0.15, 0.2) is 53.4 Å². The van der Waals surface area contributed by atoms with E-state index in [0.29, 0.717) is 6.54 Å². The van der Waals surface area contributed by atoms with Gasteiger partial charge in [0.05, 0.1) is 14.2 Å². The average molecular weight is 399 g/mol. The number of halogens is 1. The Labute approximate surface area is 160 Å². The molecule has 0 spiro atoms. The standard InChI is InChI=1S/C18H22N2O4S.ClH/c1-23-16-9-6-10-17(24-2)18(16)25(21,22)20-11-14(15(19)12-20)13-7-4-3-5-8-13;/h3-10,14-15H,11-12,19H2,1-2H3;1H/t14-,15+;/m0./s1. The second-order valence-electron chi connectivity index (χ2n) is 5.99. The van der Waals surface area contributed by atoms with Crippen LogP contribution in [0.5, 0.6) is 11.5 Å². The summed E-state index contributed by atoms with van der Waals surface area (Å²) in [6.45, 7) is 0.581. The van der Waals surface area contributed by atoms with Crippen LogP contribution in [0.2, 0.25) is 0 Å². The number of hydrogen-bond acceptors (Lipinski definition) is 5. The smallest absolute Gasteiger partial charge is 0.250 e. The van der Waals surface area contributed by atoms with Crippen LogP contribution in [0.1, 0.15) is 11.5 Å². The summed E-state index contributed by atoms with van der Waals surface area (Å²) in [5.74, 6) is 0.476. The zero-order valence-electron chi connectivity index (χ0n) is 14.7. The zero-order chi connectivity index (χ0) is 18.0. The van der Waals surface area contributed by atoms with E-state index in [1.807, 2.05) is 30.3 Å². The van der Waals surface area contributed by atoms with Gasteiger partial charge < -0.3 is 15.2 Å². The molecule has 26 heavy (non-hydrogen) atoms. The van der Waals surface area contributed by atoms with Gasteiger partial charge in [0.2, 0.25) is 0 Å². The van der Waals surface area contributed by atoms with Gasteiger partial charge in [-0.05, 0) is 17.7 Å². The summed E-state index contributed by atoms with van der Waals surface area (Å²) in [6.07, 6.45) is 0. The minimum absolute atomic E-state index is 0. The Morgan fingerprint density at radius 2 is 1.54 bits per heavy atom. The first-order valence-electron chi connectivity index (χ1n) is 8.00. The van der Waals surface area contributed by atoms with Gasteiger partial charge in [0, 0.05) is 25.0 Å². The number of nitrogens with zero attached hydrogens (tertiary/aromatic N) is 1. The summed E-state index contributed by atoms with van der Waals surface area (Å²) in [4.78, 5) is 0.0425. The number of sulfonamides is 1. The molecule has 142 valence electrons. The van der Waals surface area contributed by atoms with Crippen molar-refractivity contribution < 1.29 is 17.9 Å². The lowest BCUT2D eigenvalue weighted by Crippen LogP contribution is -2.32. The molecule has 2 aromatic rings. The second kappa shape index (κ2) is 8.26. The maximum absolute atomic E-state index is 13.2. The summed E-state index contributed by atoms with van der Waals surface area (Å²) in [5, 5.41) is 0. The molecule has 0 aliphatic carbocycles. The van der Waals surface area contributed by atoms with Crippen LogP contribution in [0.25, 0.3) is 0 Å². The molecule has 1 saturated heterocycles.